The standard InChI is InChI=1S/C21H29N3O2/c1-2-3-14-4-6-15(7-5-14)16-8-10-21(11-9-16)17(12-22)19(25)24-20(26)18(21)13-23/h14-18H,2-11H2,1H3,(H,24,25,26). The third kappa shape index (κ3) is 3.25. The molecule has 0 radical (unpaired) electrons. The van der Waals surface area contributed by atoms with Gasteiger partial charge in [0.1, 0.15) is 11.8 Å². The van der Waals surface area contributed by atoms with Crippen molar-refractivity contribution < 1.29 is 9.59 Å². The van der Waals surface area contributed by atoms with Crippen LogP contribution in [0.25, 0.3) is 0 Å². The fourth-order valence-electron chi connectivity index (χ4n) is 5.91. The van der Waals surface area contributed by atoms with Gasteiger partial charge in [0.2, 0.25) is 11.8 Å². The van der Waals surface area contributed by atoms with E-state index in [1.807, 2.05) is 0 Å². The van der Waals surface area contributed by atoms with Gasteiger partial charge in [-0.1, -0.05) is 32.6 Å². The van der Waals surface area contributed by atoms with E-state index in [9.17, 15) is 20.1 Å². The number of hydrogen-bond donors (Lipinski definition) is 1. The first-order chi connectivity index (χ1) is 12.6. The summed E-state index contributed by atoms with van der Waals surface area (Å²) in [4.78, 5) is 24.4. The number of nitriles is 2. The molecule has 0 aromatic heterocycles. The molecule has 0 aromatic rings. The Labute approximate surface area is 156 Å². The van der Waals surface area contributed by atoms with Gasteiger partial charge in [-0.15, -0.1) is 0 Å². The lowest BCUT2D eigenvalue weighted by atomic mass is 9.54. The summed E-state index contributed by atoms with van der Waals surface area (Å²) in [7, 11) is 0. The molecule has 2 atom stereocenters. The number of imide groups is 1. The predicted molar refractivity (Wildman–Crippen MR) is 96.1 cm³/mol. The number of rotatable bonds is 3. The number of hydrogen-bond acceptors (Lipinski definition) is 4. The Morgan fingerprint density at radius 3 is 1.88 bits per heavy atom. The van der Waals surface area contributed by atoms with Gasteiger partial charge in [0.25, 0.3) is 0 Å². The molecule has 2 aliphatic carbocycles. The van der Waals surface area contributed by atoms with Gasteiger partial charge < -0.3 is 0 Å². The zero-order chi connectivity index (χ0) is 18.7. The summed E-state index contributed by atoms with van der Waals surface area (Å²) in [6.45, 7) is 2.26. The van der Waals surface area contributed by atoms with Crippen molar-refractivity contribution in [3.8, 4) is 12.1 Å². The smallest absolute Gasteiger partial charge is 0.244 e. The first-order valence-electron chi connectivity index (χ1n) is 10.2. The Hall–Kier alpha value is -1.88. The number of nitrogens with zero attached hydrogens (tertiary/aromatic N) is 2. The average molecular weight is 355 g/mol. The van der Waals surface area contributed by atoms with E-state index in [2.05, 4.69) is 24.4 Å². The summed E-state index contributed by atoms with van der Waals surface area (Å²) in [6, 6.07) is 4.20. The highest BCUT2D eigenvalue weighted by atomic mass is 16.2. The van der Waals surface area contributed by atoms with Crippen LogP contribution in [0.5, 0.6) is 0 Å². The Morgan fingerprint density at radius 1 is 0.923 bits per heavy atom. The van der Waals surface area contributed by atoms with E-state index in [-0.39, 0.29) is 0 Å². The molecule has 26 heavy (non-hydrogen) atoms. The number of amides is 2. The van der Waals surface area contributed by atoms with Crippen molar-refractivity contribution in [2.45, 2.75) is 71.1 Å². The zero-order valence-corrected chi connectivity index (χ0v) is 15.7. The van der Waals surface area contributed by atoms with E-state index in [1.165, 1.54) is 38.5 Å². The number of nitrogens with one attached hydrogen (secondary N) is 1. The van der Waals surface area contributed by atoms with Crippen molar-refractivity contribution in [1.29, 1.82) is 10.5 Å². The molecule has 3 aliphatic rings. The van der Waals surface area contributed by atoms with E-state index in [4.69, 9.17) is 0 Å². The summed E-state index contributed by atoms with van der Waals surface area (Å²) in [5, 5.41) is 21.3. The third-order valence-corrected chi connectivity index (χ3v) is 7.39. The molecule has 1 spiro atoms. The normalized spacial score (nSPS) is 40.5. The van der Waals surface area contributed by atoms with Crippen LogP contribution >= 0.6 is 0 Å². The number of piperidine rings is 1. The molecular formula is C21H29N3O2. The van der Waals surface area contributed by atoms with Gasteiger partial charge in [0.05, 0.1) is 12.1 Å². The number of carbonyl (C=O) groups is 2. The molecule has 2 amide bonds. The molecule has 140 valence electrons. The van der Waals surface area contributed by atoms with Crippen molar-refractivity contribution in [2.24, 2.45) is 35.0 Å². The maximum absolute atomic E-state index is 12.2. The van der Waals surface area contributed by atoms with Crippen molar-refractivity contribution in [1.82, 2.24) is 5.32 Å². The summed E-state index contributed by atoms with van der Waals surface area (Å²) in [6.07, 6.45) is 11.0. The lowest BCUT2D eigenvalue weighted by molar-refractivity contribution is -0.147. The van der Waals surface area contributed by atoms with Crippen LogP contribution in [0.4, 0.5) is 0 Å². The van der Waals surface area contributed by atoms with E-state index in [0.29, 0.717) is 18.8 Å². The molecule has 0 bridgehead atoms. The van der Waals surface area contributed by atoms with Crippen molar-refractivity contribution in [2.75, 3.05) is 0 Å². The predicted octanol–water partition coefficient (Wildman–Crippen LogP) is 3.71. The molecule has 2 unspecified atom stereocenters. The molecule has 1 saturated heterocycles. The Kier molecular flexibility index (Phi) is 5.66. The first-order valence-corrected chi connectivity index (χ1v) is 10.2. The fourth-order valence-corrected chi connectivity index (χ4v) is 5.91. The molecule has 1 N–H and O–H groups in total. The van der Waals surface area contributed by atoms with Gasteiger partial charge in [-0.3, -0.25) is 14.9 Å². The van der Waals surface area contributed by atoms with Crippen molar-refractivity contribution in [3.05, 3.63) is 0 Å². The van der Waals surface area contributed by atoms with Gasteiger partial charge >= 0.3 is 0 Å². The summed E-state index contributed by atoms with van der Waals surface area (Å²) >= 11 is 0. The van der Waals surface area contributed by atoms with Gasteiger partial charge in [0, 0.05) is 5.41 Å². The highest BCUT2D eigenvalue weighted by Gasteiger charge is 2.57. The van der Waals surface area contributed by atoms with Crippen LogP contribution in [-0.4, -0.2) is 11.8 Å². The van der Waals surface area contributed by atoms with Crippen molar-refractivity contribution in [3.63, 3.8) is 0 Å². The Balaban J connectivity index is 1.68. The SMILES string of the molecule is CCCC1CCC(C2CCC3(CC2)C(C#N)C(=O)NC(=O)C3C#N)CC1. The van der Waals surface area contributed by atoms with Crippen LogP contribution in [0.2, 0.25) is 0 Å². The molecule has 5 nitrogen and oxygen atoms in total. The first kappa shape index (κ1) is 18.9. The minimum atomic E-state index is -0.883. The minimum absolute atomic E-state index is 0.512. The van der Waals surface area contributed by atoms with E-state index < -0.39 is 29.1 Å². The summed E-state index contributed by atoms with van der Waals surface area (Å²) < 4.78 is 0. The van der Waals surface area contributed by atoms with Crippen LogP contribution < -0.4 is 5.32 Å². The molecule has 1 aliphatic heterocycles. The second kappa shape index (κ2) is 7.78. The topological polar surface area (TPSA) is 93.8 Å². The fraction of sp³-hybridized carbons (Fsp3) is 0.810. The molecular weight excluding hydrogens is 326 g/mol. The molecule has 3 rings (SSSR count). The molecule has 5 heteroatoms. The lowest BCUT2D eigenvalue weighted by Crippen LogP contribution is -2.58. The van der Waals surface area contributed by atoms with E-state index in [0.717, 1.165) is 24.7 Å². The summed E-state index contributed by atoms with van der Waals surface area (Å²) in [5.41, 5.74) is -0.779. The van der Waals surface area contributed by atoms with Crippen LogP contribution in [-0.2, 0) is 9.59 Å². The van der Waals surface area contributed by atoms with Crippen LogP contribution in [0, 0.1) is 57.7 Å². The molecule has 1 heterocycles. The number of carbonyl (C=O) groups excluding carboxylic acids is 2. The second-order valence-electron chi connectivity index (χ2n) is 8.62. The minimum Gasteiger partial charge on any atom is -0.294 e. The second-order valence-corrected chi connectivity index (χ2v) is 8.62. The van der Waals surface area contributed by atoms with Gasteiger partial charge in [0.15, 0.2) is 0 Å². The van der Waals surface area contributed by atoms with Crippen LogP contribution in [0.15, 0.2) is 0 Å². The van der Waals surface area contributed by atoms with Gasteiger partial charge in [-0.2, -0.15) is 10.5 Å². The van der Waals surface area contributed by atoms with Gasteiger partial charge in [-0.25, -0.2) is 0 Å². The Bertz CT molecular complexity index is 595. The zero-order valence-electron chi connectivity index (χ0n) is 15.7. The summed E-state index contributed by atoms with van der Waals surface area (Å²) in [5.74, 6) is -0.560. The quantitative estimate of drug-likeness (QED) is 0.781. The van der Waals surface area contributed by atoms with E-state index >= 15 is 0 Å². The maximum atomic E-state index is 12.2. The van der Waals surface area contributed by atoms with Crippen molar-refractivity contribution >= 4 is 11.8 Å². The third-order valence-electron chi connectivity index (χ3n) is 7.39. The molecule has 0 aromatic carbocycles. The van der Waals surface area contributed by atoms with Gasteiger partial charge in [-0.05, 0) is 56.3 Å². The van der Waals surface area contributed by atoms with Crippen LogP contribution in [0.1, 0.15) is 71.1 Å². The average Bonchev–Trinajstić information content (AvgIpc) is 2.64. The largest absolute Gasteiger partial charge is 0.294 e. The molecule has 2 saturated carbocycles. The highest BCUT2D eigenvalue weighted by Crippen LogP contribution is 2.54. The monoisotopic (exact) mass is 355 g/mol. The Morgan fingerprint density at radius 2 is 1.42 bits per heavy atom. The lowest BCUT2D eigenvalue weighted by Gasteiger charge is -2.48. The maximum Gasteiger partial charge on any atom is 0.244 e. The molecule has 3 fully saturated rings. The highest BCUT2D eigenvalue weighted by molar-refractivity contribution is 6.03. The van der Waals surface area contributed by atoms with E-state index in [1.54, 1.807) is 0 Å². The van der Waals surface area contributed by atoms with Crippen LogP contribution in [0.3, 0.4) is 0 Å².